The molecule has 2 aromatic heterocycles. The van der Waals surface area contributed by atoms with E-state index in [2.05, 4.69) is 4.98 Å². The average molecular weight is 274 g/mol. The van der Waals surface area contributed by atoms with Gasteiger partial charge in [0, 0.05) is 16.0 Å². The minimum absolute atomic E-state index is 0.192. The lowest BCUT2D eigenvalue weighted by Gasteiger charge is -2.05. The minimum Gasteiger partial charge on any atom is -0.478 e. The van der Waals surface area contributed by atoms with Crippen LogP contribution in [0.4, 0.5) is 0 Å². The Labute approximate surface area is 113 Å². The summed E-state index contributed by atoms with van der Waals surface area (Å²) in [5, 5.41) is 10.4. The van der Waals surface area contributed by atoms with Crippen molar-refractivity contribution in [2.75, 3.05) is 0 Å². The van der Waals surface area contributed by atoms with E-state index in [4.69, 9.17) is 16.0 Å². The number of pyridine rings is 1. The van der Waals surface area contributed by atoms with E-state index in [1.807, 2.05) is 0 Å². The number of hydrogen-bond acceptors (Lipinski definition) is 3. The Morgan fingerprint density at radius 1 is 1.26 bits per heavy atom. The molecule has 2 heterocycles. The number of carbonyl (C=O) groups is 1. The Hall–Kier alpha value is -2.33. The van der Waals surface area contributed by atoms with E-state index in [0.29, 0.717) is 21.6 Å². The topological polar surface area (TPSA) is 63.3 Å². The maximum atomic E-state index is 11.3. The molecule has 0 aliphatic heterocycles. The number of fused-ring (bicyclic) bond motifs is 1. The molecular formula is C14H8ClNO3. The number of carboxylic acid groups (broad SMARTS) is 1. The Kier molecular flexibility index (Phi) is 2.72. The van der Waals surface area contributed by atoms with Crippen LogP contribution in [0.2, 0.25) is 5.02 Å². The Morgan fingerprint density at radius 2 is 2.11 bits per heavy atom. The molecule has 1 aromatic carbocycles. The molecule has 0 spiro atoms. The van der Waals surface area contributed by atoms with Crippen molar-refractivity contribution in [2.45, 2.75) is 0 Å². The number of nitrogens with zero attached hydrogens (tertiary/aromatic N) is 1. The van der Waals surface area contributed by atoms with Crippen LogP contribution >= 0.6 is 11.6 Å². The molecule has 0 bridgehead atoms. The summed E-state index contributed by atoms with van der Waals surface area (Å²) in [5.41, 5.74) is 2.01. The number of aromatic nitrogens is 1. The first-order valence-electron chi connectivity index (χ1n) is 5.51. The van der Waals surface area contributed by atoms with Crippen molar-refractivity contribution in [3.05, 3.63) is 53.4 Å². The molecule has 0 radical (unpaired) electrons. The molecule has 0 aliphatic rings. The number of aromatic carboxylic acids is 1. The zero-order valence-electron chi connectivity index (χ0n) is 9.63. The van der Waals surface area contributed by atoms with Gasteiger partial charge >= 0.3 is 5.97 Å². The normalized spacial score (nSPS) is 10.8. The molecule has 94 valence electrons. The largest absolute Gasteiger partial charge is 0.478 e. The van der Waals surface area contributed by atoms with E-state index in [9.17, 15) is 9.90 Å². The van der Waals surface area contributed by atoms with Gasteiger partial charge in [0.15, 0.2) is 0 Å². The fourth-order valence-electron chi connectivity index (χ4n) is 1.94. The van der Waals surface area contributed by atoms with Crippen LogP contribution in [0.3, 0.4) is 0 Å². The summed E-state index contributed by atoms with van der Waals surface area (Å²) in [6, 6.07) is 8.21. The summed E-state index contributed by atoms with van der Waals surface area (Å²) in [4.78, 5) is 15.8. The highest BCUT2D eigenvalue weighted by molar-refractivity contribution is 6.31. The molecule has 0 unspecified atom stereocenters. The summed E-state index contributed by atoms with van der Waals surface area (Å²) in [6.45, 7) is 0. The molecule has 0 amide bonds. The lowest BCUT2D eigenvalue weighted by molar-refractivity contribution is 0.0699. The van der Waals surface area contributed by atoms with Gasteiger partial charge in [0.2, 0.25) is 0 Å². The first-order chi connectivity index (χ1) is 9.15. The van der Waals surface area contributed by atoms with Gasteiger partial charge in [0.1, 0.15) is 0 Å². The van der Waals surface area contributed by atoms with Crippen LogP contribution in [0.5, 0.6) is 0 Å². The van der Waals surface area contributed by atoms with Gasteiger partial charge in [0.05, 0.1) is 29.3 Å². The van der Waals surface area contributed by atoms with Gasteiger partial charge in [-0.15, -0.1) is 0 Å². The summed E-state index contributed by atoms with van der Waals surface area (Å²) in [6.07, 6.45) is 3.03. The predicted molar refractivity (Wildman–Crippen MR) is 71.4 cm³/mol. The quantitative estimate of drug-likeness (QED) is 0.770. The molecule has 0 aliphatic carbocycles. The Morgan fingerprint density at radius 3 is 2.79 bits per heavy atom. The lowest BCUT2D eigenvalue weighted by atomic mass is 10.1. The summed E-state index contributed by atoms with van der Waals surface area (Å²) >= 11 is 5.92. The van der Waals surface area contributed by atoms with Crippen LogP contribution in [-0.4, -0.2) is 16.1 Å². The van der Waals surface area contributed by atoms with Gasteiger partial charge in [-0.05, 0) is 24.3 Å². The third kappa shape index (κ3) is 2.06. The lowest BCUT2D eigenvalue weighted by Crippen LogP contribution is -2.00. The fraction of sp³-hybridized carbons (Fsp3) is 0. The molecule has 1 N–H and O–H groups in total. The number of benzene rings is 1. The molecule has 0 saturated heterocycles. The molecule has 0 saturated carbocycles. The van der Waals surface area contributed by atoms with E-state index in [0.717, 1.165) is 5.56 Å². The molecule has 5 heteroatoms. The van der Waals surface area contributed by atoms with E-state index < -0.39 is 5.97 Å². The summed E-state index contributed by atoms with van der Waals surface area (Å²) in [7, 11) is 0. The Balaban J connectivity index is 2.34. The number of hydrogen-bond donors (Lipinski definition) is 1. The number of rotatable bonds is 2. The van der Waals surface area contributed by atoms with E-state index in [1.54, 1.807) is 24.3 Å². The SMILES string of the molecule is O=C(O)c1cc(-c2ccoc2)nc2cc(Cl)ccc12. The van der Waals surface area contributed by atoms with Gasteiger partial charge < -0.3 is 9.52 Å². The van der Waals surface area contributed by atoms with Crippen LogP contribution in [-0.2, 0) is 0 Å². The van der Waals surface area contributed by atoms with Crippen molar-refractivity contribution in [2.24, 2.45) is 0 Å². The first kappa shape index (κ1) is 11.7. The highest BCUT2D eigenvalue weighted by atomic mass is 35.5. The first-order valence-corrected chi connectivity index (χ1v) is 5.89. The number of carboxylic acids is 1. The standard InChI is InChI=1S/C14H8ClNO3/c15-9-1-2-10-11(14(17)18)6-12(16-13(10)5-9)8-3-4-19-7-8/h1-7H,(H,17,18). The monoisotopic (exact) mass is 273 g/mol. The maximum absolute atomic E-state index is 11.3. The van der Waals surface area contributed by atoms with Crippen molar-refractivity contribution in [3.63, 3.8) is 0 Å². The predicted octanol–water partition coefficient (Wildman–Crippen LogP) is 3.85. The molecular weight excluding hydrogens is 266 g/mol. The zero-order valence-corrected chi connectivity index (χ0v) is 10.4. The second-order valence-electron chi connectivity index (χ2n) is 4.03. The van der Waals surface area contributed by atoms with Gasteiger partial charge in [-0.25, -0.2) is 9.78 Å². The molecule has 0 fully saturated rings. The van der Waals surface area contributed by atoms with E-state index in [-0.39, 0.29) is 5.56 Å². The zero-order chi connectivity index (χ0) is 13.4. The third-order valence-electron chi connectivity index (χ3n) is 2.82. The second kappa shape index (κ2) is 4.40. The van der Waals surface area contributed by atoms with Crippen molar-refractivity contribution >= 4 is 28.5 Å². The van der Waals surface area contributed by atoms with Crippen LogP contribution in [0.25, 0.3) is 22.2 Å². The van der Waals surface area contributed by atoms with Crippen LogP contribution in [0.1, 0.15) is 10.4 Å². The maximum Gasteiger partial charge on any atom is 0.336 e. The van der Waals surface area contributed by atoms with Crippen molar-refractivity contribution in [3.8, 4) is 11.3 Å². The second-order valence-corrected chi connectivity index (χ2v) is 4.47. The fourth-order valence-corrected chi connectivity index (χ4v) is 2.10. The van der Waals surface area contributed by atoms with Crippen molar-refractivity contribution < 1.29 is 14.3 Å². The molecule has 0 atom stereocenters. The van der Waals surface area contributed by atoms with Gasteiger partial charge in [-0.3, -0.25) is 0 Å². The van der Waals surface area contributed by atoms with Crippen LogP contribution in [0.15, 0.2) is 47.3 Å². The van der Waals surface area contributed by atoms with Crippen LogP contribution in [0, 0.1) is 0 Å². The van der Waals surface area contributed by atoms with Gasteiger partial charge in [-0.1, -0.05) is 17.7 Å². The smallest absolute Gasteiger partial charge is 0.336 e. The van der Waals surface area contributed by atoms with Gasteiger partial charge in [-0.2, -0.15) is 0 Å². The van der Waals surface area contributed by atoms with E-state index in [1.165, 1.54) is 18.6 Å². The number of furan rings is 1. The third-order valence-corrected chi connectivity index (χ3v) is 3.05. The van der Waals surface area contributed by atoms with Crippen LogP contribution < -0.4 is 0 Å². The highest BCUT2D eigenvalue weighted by Gasteiger charge is 2.13. The van der Waals surface area contributed by atoms with Gasteiger partial charge in [0.25, 0.3) is 0 Å². The molecule has 3 aromatic rings. The summed E-state index contributed by atoms with van der Waals surface area (Å²) in [5.74, 6) is -1.00. The highest BCUT2D eigenvalue weighted by Crippen LogP contribution is 2.27. The molecule has 19 heavy (non-hydrogen) atoms. The molecule has 4 nitrogen and oxygen atoms in total. The minimum atomic E-state index is -1.00. The Bertz CT molecular complexity index is 766. The summed E-state index contributed by atoms with van der Waals surface area (Å²) < 4.78 is 4.99. The molecule has 3 rings (SSSR count). The average Bonchev–Trinajstić information content (AvgIpc) is 2.90. The number of halogens is 1. The van der Waals surface area contributed by atoms with Crippen molar-refractivity contribution in [1.29, 1.82) is 0 Å². The van der Waals surface area contributed by atoms with E-state index >= 15 is 0 Å². The van der Waals surface area contributed by atoms with Crippen molar-refractivity contribution in [1.82, 2.24) is 4.98 Å².